The lowest BCUT2D eigenvalue weighted by Crippen LogP contribution is -2.46. The first-order valence-corrected chi connectivity index (χ1v) is 11.2. The zero-order valence-electron chi connectivity index (χ0n) is 18.5. The lowest BCUT2D eigenvalue weighted by molar-refractivity contribution is 0.0524. The van der Waals surface area contributed by atoms with Gasteiger partial charge in [-0.2, -0.15) is 0 Å². The van der Waals surface area contributed by atoms with Gasteiger partial charge in [-0.3, -0.25) is 14.5 Å². The second-order valence-electron chi connectivity index (χ2n) is 8.13. The molecule has 0 radical (unpaired) electrons. The van der Waals surface area contributed by atoms with Gasteiger partial charge < -0.3 is 4.74 Å². The molecule has 4 heteroatoms. The second kappa shape index (κ2) is 8.93. The second-order valence-corrected chi connectivity index (χ2v) is 8.13. The van der Waals surface area contributed by atoms with Gasteiger partial charge in [0.25, 0.3) is 11.8 Å². The van der Waals surface area contributed by atoms with Gasteiger partial charge in [-0.1, -0.05) is 69.5 Å². The number of hydrogen-bond acceptors (Lipinski definition) is 3. The van der Waals surface area contributed by atoms with E-state index in [-0.39, 0.29) is 17.9 Å². The van der Waals surface area contributed by atoms with Crippen LogP contribution in [0.3, 0.4) is 0 Å². The van der Waals surface area contributed by atoms with Crippen molar-refractivity contribution in [2.45, 2.75) is 52.0 Å². The minimum atomic E-state index is -0.196. The summed E-state index contributed by atoms with van der Waals surface area (Å²) < 4.78 is 5.66. The zero-order chi connectivity index (χ0) is 22.0. The summed E-state index contributed by atoms with van der Waals surface area (Å²) in [5, 5.41) is 1.53. The molecule has 4 nitrogen and oxygen atoms in total. The van der Waals surface area contributed by atoms with Crippen molar-refractivity contribution >= 4 is 22.6 Å². The van der Waals surface area contributed by atoms with E-state index in [2.05, 4.69) is 13.8 Å². The summed E-state index contributed by atoms with van der Waals surface area (Å²) in [5.74, 6) is 0.279. The minimum Gasteiger partial charge on any atom is -0.496 e. The van der Waals surface area contributed by atoms with Crippen molar-refractivity contribution in [1.82, 2.24) is 4.90 Å². The van der Waals surface area contributed by atoms with E-state index in [1.54, 1.807) is 13.2 Å². The number of nitrogens with zero attached hydrogens (tertiary/aromatic N) is 1. The van der Waals surface area contributed by atoms with Crippen molar-refractivity contribution in [3.8, 4) is 16.9 Å². The van der Waals surface area contributed by atoms with Crippen LogP contribution in [0.5, 0.6) is 5.75 Å². The summed E-state index contributed by atoms with van der Waals surface area (Å²) in [7, 11) is 1.62. The van der Waals surface area contributed by atoms with Crippen LogP contribution in [0.15, 0.2) is 54.6 Å². The third-order valence-electron chi connectivity index (χ3n) is 6.30. The Balaban J connectivity index is 1.89. The molecule has 0 N–H and O–H groups in total. The topological polar surface area (TPSA) is 46.6 Å². The van der Waals surface area contributed by atoms with Crippen LogP contribution in [0.1, 0.15) is 66.7 Å². The highest BCUT2D eigenvalue weighted by atomic mass is 16.5. The molecule has 2 amide bonds. The quantitative estimate of drug-likeness (QED) is 0.313. The average Bonchev–Trinajstić information content (AvgIpc) is 2.81. The minimum absolute atomic E-state index is 0.0781. The molecule has 1 aliphatic rings. The molecule has 0 spiro atoms. The SMILES string of the molecule is CCCCCC(CC)N1C(=O)c2ccc(OC)c3c(-c4ccccc4)ccc(c23)C1=O. The van der Waals surface area contributed by atoms with E-state index >= 15 is 0 Å². The number of carbonyl (C=O) groups excluding carboxylic acids is 2. The standard InChI is InChI=1S/C27H29NO3/c1-4-6-8-13-19(5-2)28-26(29)21-15-14-20(18-11-9-7-10-12-18)25-23(31-3)17-16-22(24(21)25)27(28)30/h7,9-12,14-17,19H,4-6,8,13H2,1-3H3. The summed E-state index contributed by atoms with van der Waals surface area (Å²) in [6.45, 7) is 4.21. The molecule has 0 saturated heterocycles. The van der Waals surface area contributed by atoms with Crippen LogP contribution >= 0.6 is 0 Å². The summed E-state index contributed by atoms with van der Waals surface area (Å²) in [5.41, 5.74) is 3.15. The van der Waals surface area contributed by atoms with Crippen LogP contribution in [-0.2, 0) is 0 Å². The smallest absolute Gasteiger partial charge is 0.261 e. The van der Waals surface area contributed by atoms with Gasteiger partial charge in [0.05, 0.1) is 7.11 Å². The molecule has 1 atom stereocenters. The molecule has 0 aliphatic carbocycles. The van der Waals surface area contributed by atoms with Gasteiger partial charge in [-0.15, -0.1) is 0 Å². The highest BCUT2D eigenvalue weighted by Gasteiger charge is 2.37. The maximum atomic E-state index is 13.6. The van der Waals surface area contributed by atoms with Crippen molar-refractivity contribution in [3.05, 3.63) is 65.7 Å². The Morgan fingerprint density at radius 1 is 0.806 bits per heavy atom. The van der Waals surface area contributed by atoms with Gasteiger partial charge in [-0.25, -0.2) is 0 Å². The Hall–Kier alpha value is -3.14. The molecule has 0 saturated carbocycles. The van der Waals surface area contributed by atoms with Crippen LogP contribution in [-0.4, -0.2) is 29.9 Å². The lowest BCUT2D eigenvalue weighted by Gasteiger charge is -2.34. The zero-order valence-corrected chi connectivity index (χ0v) is 18.5. The summed E-state index contributed by atoms with van der Waals surface area (Å²) >= 11 is 0. The van der Waals surface area contributed by atoms with Crippen molar-refractivity contribution < 1.29 is 14.3 Å². The van der Waals surface area contributed by atoms with Crippen molar-refractivity contribution in [2.75, 3.05) is 7.11 Å². The van der Waals surface area contributed by atoms with E-state index in [1.165, 1.54) is 4.90 Å². The number of ether oxygens (including phenoxy) is 1. The van der Waals surface area contributed by atoms with Gasteiger partial charge in [0, 0.05) is 27.9 Å². The van der Waals surface area contributed by atoms with E-state index < -0.39 is 0 Å². The molecule has 0 bridgehead atoms. The Morgan fingerprint density at radius 2 is 1.45 bits per heavy atom. The molecule has 1 aliphatic heterocycles. The van der Waals surface area contributed by atoms with Crippen LogP contribution < -0.4 is 4.74 Å². The fraction of sp³-hybridized carbons (Fsp3) is 0.333. The van der Waals surface area contributed by atoms with E-state index in [9.17, 15) is 9.59 Å². The fourth-order valence-electron chi connectivity index (χ4n) is 4.68. The Kier molecular flexibility index (Phi) is 6.08. The summed E-state index contributed by atoms with van der Waals surface area (Å²) in [6, 6.07) is 17.4. The van der Waals surface area contributed by atoms with Crippen molar-refractivity contribution in [1.29, 1.82) is 0 Å². The average molecular weight is 416 g/mol. The molecule has 3 aromatic rings. The summed E-state index contributed by atoms with van der Waals surface area (Å²) in [4.78, 5) is 28.6. The van der Waals surface area contributed by atoms with E-state index in [0.29, 0.717) is 22.3 Å². The third kappa shape index (κ3) is 3.60. The number of imide groups is 1. The van der Waals surface area contributed by atoms with Gasteiger partial charge in [0.15, 0.2) is 0 Å². The maximum Gasteiger partial charge on any atom is 0.261 e. The predicted molar refractivity (Wildman–Crippen MR) is 125 cm³/mol. The van der Waals surface area contributed by atoms with Gasteiger partial charge in [-0.05, 0) is 42.2 Å². The first kappa shape index (κ1) is 21.1. The molecule has 1 unspecified atom stereocenters. The number of amides is 2. The third-order valence-corrected chi connectivity index (χ3v) is 6.30. The molecule has 1 heterocycles. The van der Waals surface area contributed by atoms with Gasteiger partial charge >= 0.3 is 0 Å². The first-order chi connectivity index (χ1) is 15.1. The largest absolute Gasteiger partial charge is 0.496 e. The highest BCUT2D eigenvalue weighted by Crippen LogP contribution is 2.42. The summed E-state index contributed by atoms with van der Waals surface area (Å²) in [6.07, 6.45) is 4.85. The van der Waals surface area contributed by atoms with Crippen LogP contribution in [0, 0.1) is 0 Å². The predicted octanol–water partition coefficient (Wildman–Crippen LogP) is 6.47. The Morgan fingerprint density at radius 3 is 2.06 bits per heavy atom. The number of unbranched alkanes of at least 4 members (excludes halogenated alkanes) is 2. The molecular formula is C27H29NO3. The molecule has 160 valence electrons. The fourth-order valence-corrected chi connectivity index (χ4v) is 4.68. The number of methoxy groups -OCH3 is 1. The van der Waals surface area contributed by atoms with E-state index in [1.807, 2.05) is 48.5 Å². The highest BCUT2D eigenvalue weighted by molar-refractivity contribution is 6.28. The lowest BCUT2D eigenvalue weighted by atomic mass is 9.87. The molecular weight excluding hydrogens is 386 g/mol. The van der Waals surface area contributed by atoms with Gasteiger partial charge in [0.2, 0.25) is 0 Å². The van der Waals surface area contributed by atoms with Crippen molar-refractivity contribution in [2.24, 2.45) is 0 Å². The maximum absolute atomic E-state index is 13.6. The van der Waals surface area contributed by atoms with E-state index in [4.69, 9.17) is 4.74 Å². The number of hydrogen-bond donors (Lipinski definition) is 0. The molecule has 3 aromatic carbocycles. The van der Waals surface area contributed by atoms with Crippen LogP contribution in [0.2, 0.25) is 0 Å². The molecule has 0 fully saturated rings. The number of carbonyl (C=O) groups is 2. The molecule has 4 rings (SSSR count). The molecule has 0 aromatic heterocycles. The van der Waals surface area contributed by atoms with Gasteiger partial charge in [0.1, 0.15) is 5.75 Å². The normalized spacial score (nSPS) is 14.2. The van der Waals surface area contributed by atoms with E-state index in [0.717, 1.165) is 48.6 Å². The van der Waals surface area contributed by atoms with Crippen LogP contribution in [0.4, 0.5) is 0 Å². The Labute approximate surface area is 183 Å². The van der Waals surface area contributed by atoms with Crippen molar-refractivity contribution in [3.63, 3.8) is 0 Å². The monoisotopic (exact) mass is 415 g/mol. The van der Waals surface area contributed by atoms with Crippen LogP contribution in [0.25, 0.3) is 21.9 Å². The first-order valence-electron chi connectivity index (χ1n) is 11.2. The number of rotatable bonds is 8. The number of benzene rings is 3. The molecule has 31 heavy (non-hydrogen) atoms. The Bertz CT molecular complexity index is 1100.